The number of nitrogens with two attached hydrogens (primary N) is 1. The molecule has 0 spiro atoms. The molecule has 0 fully saturated rings. The highest BCUT2D eigenvalue weighted by Gasteiger charge is 2.19. The molecule has 0 aliphatic carbocycles. The lowest BCUT2D eigenvalue weighted by molar-refractivity contribution is 0.0595. The Morgan fingerprint density at radius 3 is 2.35 bits per heavy atom. The number of primary amides is 1. The Labute approximate surface area is 117 Å². The molecule has 5 nitrogen and oxygen atoms in total. The van der Waals surface area contributed by atoms with Gasteiger partial charge in [0, 0.05) is 11.7 Å². The zero-order valence-electron chi connectivity index (χ0n) is 11.8. The second-order valence-electron chi connectivity index (χ2n) is 4.39. The van der Waals surface area contributed by atoms with E-state index in [9.17, 15) is 14.0 Å². The molecule has 3 N–H and O–H groups in total. The molecule has 20 heavy (non-hydrogen) atoms. The Bertz CT molecular complexity index is 513. The number of hydrogen-bond acceptors (Lipinski definition) is 4. The van der Waals surface area contributed by atoms with Gasteiger partial charge in [0.15, 0.2) is 0 Å². The smallest absolute Gasteiger partial charge is 0.340 e. The fourth-order valence-corrected chi connectivity index (χ4v) is 1.88. The average Bonchev–Trinajstić information content (AvgIpc) is 2.44. The topological polar surface area (TPSA) is 81.4 Å². The number of nitrogens with one attached hydrogen (secondary N) is 1. The highest BCUT2D eigenvalue weighted by Crippen LogP contribution is 2.23. The summed E-state index contributed by atoms with van der Waals surface area (Å²) < 4.78 is 18.3. The van der Waals surface area contributed by atoms with Crippen LogP contribution in [0.1, 0.15) is 47.4 Å². The van der Waals surface area contributed by atoms with Crippen molar-refractivity contribution in [2.45, 2.75) is 32.7 Å². The molecular formula is C14H19FN2O3. The zero-order valence-corrected chi connectivity index (χ0v) is 11.8. The van der Waals surface area contributed by atoms with Crippen LogP contribution in [-0.2, 0) is 4.74 Å². The van der Waals surface area contributed by atoms with Crippen LogP contribution in [0.4, 0.5) is 10.1 Å². The molecule has 0 saturated heterocycles. The molecule has 0 aliphatic heterocycles. The van der Waals surface area contributed by atoms with Gasteiger partial charge in [0.1, 0.15) is 5.82 Å². The number of ether oxygens (including phenoxy) is 1. The zero-order chi connectivity index (χ0) is 15.3. The number of esters is 1. The van der Waals surface area contributed by atoms with E-state index >= 15 is 0 Å². The first-order valence-electron chi connectivity index (χ1n) is 6.42. The number of benzene rings is 1. The van der Waals surface area contributed by atoms with Crippen molar-refractivity contribution in [2.75, 3.05) is 12.4 Å². The van der Waals surface area contributed by atoms with Gasteiger partial charge in [-0.3, -0.25) is 4.79 Å². The lowest BCUT2D eigenvalue weighted by Gasteiger charge is -2.19. The molecule has 1 rings (SSSR count). The number of rotatable bonds is 6. The monoisotopic (exact) mass is 282 g/mol. The maximum Gasteiger partial charge on any atom is 0.340 e. The first-order chi connectivity index (χ1) is 9.44. The number of amides is 1. The number of anilines is 1. The van der Waals surface area contributed by atoms with Crippen molar-refractivity contribution in [3.05, 3.63) is 29.1 Å². The van der Waals surface area contributed by atoms with Gasteiger partial charge in [0.2, 0.25) is 0 Å². The van der Waals surface area contributed by atoms with Crippen LogP contribution in [0.15, 0.2) is 12.1 Å². The molecule has 0 saturated carbocycles. The highest BCUT2D eigenvalue weighted by molar-refractivity contribution is 6.01. The molecule has 1 aromatic rings. The Morgan fingerprint density at radius 2 is 1.90 bits per heavy atom. The number of halogens is 1. The molecule has 0 aromatic heterocycles. The summed E-state index contributed by atoms with van der Waals surface area (Å²) in [5.41, 5.74) is 5.36. The first-order valence-corrected chi connectivity index (χ1v) is 6.42. The summed E-state index contributed by atoms with van der Waals surface area (Å²) in [6, 6.07) is 2.32. The molecule has 0 radical (unpaired) electrons. The van der Waals surface area contributed by atoms with Crippen LogP contribution in [0.3, 0.4) is 0 Å². The molecule has 0 bridgehead atoms. The van der Waals surface area contributed by atoms with E-state index in [-0.39, 0.29) is 17.2 Å². The van der Waals surface area contributed by atoms with Crippen LogP contribution < -0.4 is 11.1 Å². The summed E-state index contributed by atoms with van der Waals surface area (Å²) in [6.45, 7) is 3.96. The predicted molar refractivity (Wildman–Crippen MR) is 74.3 cm³/mol. The second kappa shape index (κ2) is 6.88. The van der Waals surface area contributed by atoms with E-state index in [2.05, 4.69) is 10.1 Å². The molecule has 1 amide bonds. The van der Waals surface area contributed by atoms with Gasteiger partial charge in [-0.1, -0.05) is 13.8 Å². The van der Waals surface area contributed by atoms with Gasteiger partial charge in [0.05, 0.1) is 18.2 Å². The van der Waals surface area contributed by atoms with Crippen LogP contribution in [0.2, 0.25) is 0 Å². The molecule has 0 unspecified atom stereocenters. The summed E-state index contributed by atoms with van der Waals surface area (Å²) >= 11 is 0. The molecule has 1 aromatic carbocycles. The minimum Gasteiger partial charge on any atom is -0.465 e. The average molecular weight is 282 g/mol. The van der Waals surface area contributed by atoms with Crippen molar-refractivity contribution in [2.24, 2.45) is 5.73 Å². The van der Waals surface area contributed by atoms with Crippen molar-refractivity contribution in [3.8, 4) is 0 Å². The van der Waals surface area contributed by atoms with Crippen molar-refractivity contribution in [1.82, 2.24) is 0 Å². The fourth-order valence-electron chi connectivity index (χ4n) is 1.88. The third-order valence-corrected chi connectivity index (χ3v) is 3.12. The fraction of sp³-hybridized carbons (Fsp3) is 0.429. The molecular weight excluding hydrogens is 263 g/mol. The molecule has 0 heterocycles. The molecule has 0 atom stereocenters. The van der Waals surface area contributed by atoms with E-state index in [0.29, 0.717) is 5.69 Å². The quantitative estimate of drug-likeness (QED) is 0.784. The summed E-state index contributed by atoms with van der Waals surface area (Å²) in [6.07, 6.45) is 1.64. The standard InChI is InChI=1S/C14H19FN2O3/c1-4-8(5-2)17-12-7-9(14(19)20-3)11(15)6-10(12)13(16)18/h6-8,17H,4-5H2,1-3H3,(H2,16,18). The van der Waals surface area contributed by atoms with E-state index < -0.39 is 17.7 Å². The van der Waals surface area contributed by atoms with Crippen molar-refractivity contribution in [3.63, 3.8) is 0 Å². The number of hydrogen-bond donors (Lipinski definition) is 2. The number of methoxy groups -OCH3 is 1. The third kappa shape index (κ3) is 3.46. The van der Waals surface area contributed by atoms with Crippen LogP contribution in [0.5, 0.6) is 0 Å². The van der Waals surface area contributed by atoms with Gasteiger partial charge in [0.25, 0.3) is 5.91 Å². The lowest BCUT2D eigenvalue weighted by Crippen LogP contribution is -2.22. The van der Waals surface area contributed by atoms with Crippen molar-refractivity contribution in [1.29, 1.82) is 0 Å². The summed E-state index contributed by atoms with van der Waals surface area (Å²) in [5, 5.41) is 3.10. The third-order valence-electron chi connectivity index (χ3n) is 3.12. The Kier molecular flexibility index (Phi) is 5.49. The second-order valence-corrected chi connectivity index (χ2v) is 4.39. The molecule has 110 valence electrons. The minimum absolute atomic E-state index is 0.0158. The number of carbonyl (C=O) groups is 2. The minimum atomic E-state index is -0.833. The summed E-state index contributed by atoms with van der Waals surface area (Å²) in [5.74, 6) is -2.39. The summed E-state index contributed by atoms with van der Waals surface area (Å²) in [4.78, 5) is 22.9. The highest BCUT2D eigenvalue weighted by atomic mass is 19.1. The van der Waals surface area contributed by atoms with Gasteiger partial charge in [-0.25, -0.2) is 9.18 Å². The van der Waals surface area contributed by atoms with Crippen LogP contribution in [0.25, 0.3) is 0 Å². The van der Waals surface area contributed by atoms with E-state index in [0.717, 1.165) is 26.0 Å². The predicted octanol–water partition coefficient (Wildman–Crippen LogP) is 2.31. The molecule has 6 heteroatoms. The van der Waals surface area contributed by atoms with Crippen molar-refractivity contribution < 1.29 is 18.7 Å². The van der Waals surface area contributed by atoms with Gasteiger partial charge in [-0.2, -0.15) is 0 Å². The van der Waals surface area contributed by atoms with Crippen LogP contribution in [-0.4, -0.2) is 25.0 Å². The van der Waals surface area contributed by atoms with E-state index in [1.165, 1.54) is 6.07 Å². The Hall–Kier alpha value is -2.11. The van der Waals surface area contributed by atoms with Crippen LogP contribution in [0, 0.1) is 5.82 Å². The van der Waals surface area contributed by atoms with E-state index in [4.69, 9.17) is 5.73 Å². The Balaban J connectivity index is 3.30. The lowest BCUT2D eigenvalue weighted by atomic mass is 10.1. The van der Waals surface area contributed by atoms with Gasteiger partial charge in [-0.05, 0) is 25.0 Å². The maximum absolute atomic E-state index is 13.8. The normalized spacial score (nSPS) is 10.4. The Morgan fingerprint density at radius 1 is 1.30 bits per heavy atom. The van der Waals surface area contributed by atoms with Crippen molar-refractivity contribution >= 4 is 17.6 Å². The summed E-state index contributed by atoms with van der Waals surface area (Å²) in [7, 11) is 1.16. The van der Waals surface area contributed by atoms with E-state index in [1.807, 2.05) is 13.8 Å². The van der Waals surface area contributed by atoms with Crippen LogP contribution >= 0.6 is 0 Å². The van der Waals surface area contributed by atoms with Gasteiger partial charge in [-0.15, -0.1) is 0 Å². The van der Waals surface area contributed by atoms with Gasteiger partial charge < -0.3 is 15.8 Å². The largest absolute Gasteiger partial charge is 0.465 e. The number of carbonyl (C=O) groups excluding carboxylic acids is 2. The molecule has 0 aliphatic rings. The maximum atomic E-state index is 13.8. The van der Waals surface area contributed by atoms with E-state index in [1.54, 1.807) is 0 Å². The SMILES string of the molecule is CCC(CC)Nc1cc(C(=O)OC)c(F)cc1C(N)=O. The first kappa shape index (κ1) is 15.9. The van der Waals surface area contributed by atoms with Gasteiger partial charge >= 0.3 is 5.97 Å².